The van der Waals surface area contributed by atoms with Crippen LogP contribution in [0.1, 0.15) is 38.7 Å². The van der Waals surface area contributed by atoms with Gasteiger partial charge in [0.15, 0.2) is 5.76 Å². The summed E-state index contributed by atoms with van der Waals surface area (Å²) in [4.78, 5) is 19.0. The molecule has 0 aromatic carbocycles. The molecule has 158 valence electrons. The van der Waals surface area contributed by atoms with Gasteiger partial charge in [0.05, 0.1) is 23.7 Å². The number of aromatic nitrogens is 2. The van der Waals surface area contributed by atoms with Crippen molar-refractivity contribution in [2.24, 2.45) is 0 Å². The third kappa shape index (κ3) is 4.00. The molecule has 5 heterocycles. The van der Waals surface area contributed by atoms with Gasteiger partial charge in [0.2, 0.25) is 0 Å². The largest absolute Gasteiger partial charge is 0.369 e. The standard InChI is InChI=1S/C21H22N4O3S.ClH/c26-20(24-13-15-12-17(25-28-15)16-3-1-2-7-23-16)18-11-14-4-10-27-21(19(14)29-18)5-8-22-9-6-21;/h1-3,7,11-12,22H,4-6,8-10,13H2,(H,24,26);1H. The van der Waals surface area contributed by atoms with Gasteiger partial charge >= 0.3 is 0 Å². The molecule has 7 nitrogen and oxygen atoms in total. The lowest BCUT2D eigenvalue weighted by atomic mass is 9.86. The molecular weight excluding hydrogens is 424 g/mol. The first kappa shape index (κ1) is 21.0. The summed E-state index contributed by atoms with van der Waals surface area (Å²) in [5.74, 6) is 0.503. The second kappa shape index (κ2) is 8.85. The summed E-state index contributed by atoms with van der Waals surface area (Å²) in [5, 5.41) is 10.4. The molecule has 1 amide bonds. The van der Waals surface area contributed by atoms with Crippen LogP contribution in [-0.2, 0) is 23.3 Å². The minimum atomic E-state index is -0.218. The van der Waals surface area contributed by atoms with Gasteiger partial charge in [-0.2, -0.15) is 0 Å². The Morgan fingerprint density at radius 3 is 2.90 bits per heavy atom. The van der Waals surface area contributed by atoms with Crippen LogP contribution in [0, 0.1) is 0 Å². The molecule has 2 aliphatic heterocycles. The van der Waals surface area contributed by atoms with E-state index in [0.717, 1.165) is 49.5 Å². The number of amides is 1. The third-order valence-corrected chi connectivity index (χ3v) is 6.88. The van der Waals surface area contributed by atoms with Gasteiger partial charge in [0, 0.05) is 17.1 Å². The van der Waals surface area contributed by atoms with Crippen LogP contribution in [0.5, 0.6) is 0 Å². The van der Waals surface area contributed by atoms with E-state index in [1.54, 1.807) is 23.6 Å². The number of thiophene rings is 1. The monoisotopic (exact) mass is 446 g/mol. The van der Waals surface area contributed by atoms with Gasteiger partial charge in [-0.05, 0) is 56.1 Å². The smallest absolute Gasteiger partial charge is 0.261 e. The van der Waals surface area contributed by atoms with Crippen LogP contribution >= 0.6 is 23.7 Å². The van der Waals surface area contributed by atoms with Gasteiger partial charge in [-0.3, -0.25) is 9.78 Å². The summed E-state index contributed by atoms with van der Waals surface area (Å²) < 4.78 is 11.6. The maximum atomic E-state index is 12.8. The Bertz CT molecular complexity index is 1010. The molecule has 3 aromatic heterocycles. The molecule has 30 heavy (non-hydrogen) atoms. The zero-order valence-electron chi connectivity index (χ0n) is 16.3. The molecule has 2 N–H and O–H groups in total. The number of nitrogens with one attached hydrogen (secondary N) is 2. The number of halogens is 1. The Balaban J connectivity index is 0.00000218. The van der Waals surface area contributed by atoms with Gasteiger partial charge in [-0.15, -0.1) is 23.7 Å². The van der Waals surface area contributed by atoms with E-state index in [1.807, 2.05) is 24.3 Å². The lowest BCUT2D eigenvalue weighted by molar-refractivity contribution is -0.0771. The summed E-state index contributed by atoms with van der Waals surface area (Å²) in [6.07, 6.45) is 4.48. The zero-order valence-corrected chi connectivity index (χ0v) is 18.0. The van der Waals surface area contributed by atoms with Gasteiger partial charge in [-0.1, -0.05) is 11.2 Å². The van der Waals surface area contributed by atoms with Crippen molar-refractivity contribution in [3.8, 4) is 11.4 Å². The Kier molecular flexibility index (Phi) is 6.19. The maximum absolute atomic E-state index is 12.8. The van der Waals surface area contributed by atoms with E-state index in [2.05, 4.69) is 20.8 Å². The molecule has 0 bridgehead atoms. The molecule has 0 saturated carbocycles. The third-order valence-electron chi connectivity index (χ3n) is 5.52. The Labute approximate surface area is 184 Å². The average molecular weight is 447 g/mol. The molecule has 1 saturated heterocycles. The van der Waals surface area contributed by atoms with E-state index in [0.29, 0.717) is 11.5 Å². The SMILES string of the molecule is Cl.O=C(NCc1cc(-c2ccccn2)no1)c1cc2c(s1)C1(CCNCC1)OCC2. The lowest BCUT2D eigenvalue weighted by Crippen LogP contribution is -2.43. The van der Waals surface area contributed by atoms with Crippen molar-refractivity contribution in [2.45, 2.75) is 31.4 Å². The minimum absolute atomic E-state index is 0. The quantitative estimate of drug-likeness (QED) is 0.639. The van der Waals surface area contributed by atoms with E-state index >= 15 is 0 Å². The maximum Gasteiger partial charge on any atom is 0.261 e. The molecule has 1 fully saturated rings. The highest BCUT2D eigenvalue weighted by Crippen LogP contribution is 2.44. The van der Waals surface area contributed by atoms with Gasteiger partial charge in [0.1, 0.15) is 11.3 Å². The summed E-state index contributed by atoms with van der Waals surface area (Å²) in [7, 11) is 0. The fourth-order valence-corrected chi connectivity index (χ4v) is 5.35. The van der Waals surface area contributed by atoms with Crippen LogP contribution in [0.2, 0.25) is 0 Å². The Hall–Kier alpha value is -2.26. The van der Waals surface area contributed by atoms with Crippen LogP contribution in [-0.4, -0.2) is 35.7 Å². The van der Waals surface area contributed by atoms with Crippen molar-refractivity contribution < 1.29 is 14.1 Å². The number of piperidine rings is 1. The number of hydrogen-bond acceptors (Lipinski definition) is 7. The van der Waals surface area contributed by atoms with E-state index in [1.165, 1.54) is 10.4 Å². The van der Waals surface area contributed by atoms with Crippen molar-refractivity contribution >= 4 is 29.7 Å². The number of pyridine rings is 1. The van der Waals surface area contributed by atoms with E-state index in [-0.39, 0.29) is 30.5 Å². The van der Waals surface area contributed by atoms with Crippen LogP contribution in [0.3, 0.4) is 0 Å². The molecule has 3 aromatic rings. The summed E-state index contributed by atoms with van der Waals surface area (Å²) >= 11 is 1.56. The van der Waals surface area contributed by atoms with Crippen LogP contribution in [0.4, 0.5) is 0 Å². The van der Waals surface area contributed by atoms with Crippen molar-refractivity contribution in [1.29, 1.82) is 0 Å². The second-order valence-corrected chi connectivity index (χ2v) is 8.44. The highest BCUT2D eigenvalue weighted by atomic mass is 35.5. The van der Waals surface area contributed by atoms with Crippen molar-refractivity contribution in [2.75, 3.05) is 19.7 Å². The van der Waals surface area contributed by atoms with E-state index in [4.69, 9.17) is 9.26 Å². The lowest BCUT2D eigenvalue weighted by Gasteiger charge is -2.40. The Morgan fingerprint density at radius 1 is 1.23 bits per heavy atom. The second-order valence-electron chi connectivity index (χ2n) is 7.38. The molecule has 2 aliphatic rings. The average Bonchev–Trinajstić information content (AvgIpc) is 3.42. The van der Waals surface area contributed by atoms with Gasteiger partial charge in [-0.25, -0.2) is 0 Å². The number of carbonyl (C=O) groups excluding carboxylic acids is 1. The number of fused-ring (bicyclic) bond motifs is 2. The predicted octanol–water partition coefficient (Wildman–Crippen LogP) is 3.30. The molecular formula is C21H23ClN4O3S. The van der Waals surface area contributed by atoms with Crippen LogP contribution in [0.25, 0.3) is 11.4 Å². The highest BCUT2D eigenvalue weighted by Gasteiger charge is 2.41. The zero-order chi connectivity index (χ0) is 19.7. The summed E-state index contributed by atoms with van der Waals surface area (Å²) in [6.45, 7) is 2.90. The van der Waals surface area contributed by atoms with E-state index < -0.39 is 0 Å². The molecule has 1 spiro atoms. The van der Waals surface area contributed by atoms with Gasteiger partial charge < -0.3 is 19.9 Å². The molecule has 0 atom stereocenters. The first-order chi connectivity index (χ1) is 14.2. The van der Waals surface area contributed by atoms with Crippen molar-refractivity contribution in [3.63, 3.8) is 0 Å². The Morgan fingerprint density at radius 2 is 2.10 bits per heavy atom. The number of hydrogen-bond donors (Lipinski definition) is 2. The summed E-state index contributed by atoms with van der Waals surface area (Å²) in [5.41, 5.74) is 2.44. The first-order valence-corrected chi connectivity index (χ1v) is 10.7. The topological polar surface area (TPSA) is 89.3 Å². The number of carbonyl (C=O) groups is 1. The first-order valence-electron chi connectivity index (χ1n) is 9.87. The van der Waals surface area contributed by atoms with Gasteiger partial charge in [0.25, 0.3) is 5.91 Å². The normalized spacial score (nSPS) is 17.2. The minimum Gasteiger partial charge on any atom is -0.369 e. The molecule has 0 aliphatic carbocycles. The molecule has 0 unspecified atom stereocenters. The van der Waals surface area contributed by atoms with Crippen molar-refractivity contribution in [3.05, 3.63) is 57.6 Å². The predicted molar refractivity (Wildman–Crippen MR) is 116 cm³/mol. The van der Waals surface area contributed by atoms with Crippen molar-refractivity contribution in [1.82, 2.24) is 20.8 Å². The number of rotatable bonds is 4. The molecule has 9 heteroatoms. The summed E-state index contributed by atoms with van der Waals surface area (Å²) in [6, 6.07) is 9.45. The highest BCUT2D eigenvalue weighted by molar-refractivity contribution is 7.14. The number of ether oxygens (including phenoxy) is 1. The fraction of sp³-hybridized carbons (Fsp3) is 0.381. The van der Waals surface area contributed by atoms with Crippen LogP contribution in [0.15, 0.2) is 41.1 Å². The van der Waals surface area contributed by atoms with E-state index in [9.17, 15) is 4.79 Å². The fourth-order valence-electron chi connectivity index (χ4n) is 4.02. The molecule has 5 rings (SSSR count). The van der Waals surface area contributed by atoms with Crippen LogP contribution < -0.4 is 10.6 Å². The molecule has 0 radical (unpaired) electrons. The number of nitrogens with zero attached hydrogens (tertiary/aromatic N) is 2.